The SMILES string of the molecule is CC1CCCN1c1nc(C(C)(C)C)c(C=O)s1. The number of hydrogen-bond acceptors (Lipinski definition) is 4. The minimum absolute atomic E-state index is 0.0616. The van der Waals surface area contributed by atoms with Gasteiger partial charge in [-0.1, -0.05) is 32.1 Å². The van der Waals surface area contributed by atoms with Crippen molar-refractivity contribution in [3.8, 4) is 0 Å². The second kappa shape index (κ2) is 4.41. The third kappa shape index (κ3) is 2.37. The molecule has 4 heteroatoms. The molecule has 0 aromatic carbocycles. The van der Waals surface area contributed by atoms with Crippen molar-refractivity contribution in [2.24, 2.45) is 0 Å². The molecule has 2 rings (SSSR count). The molecule has 3 nitrogen and oxygen atoms in total. The molecular formula is C13H20N2OS. The average molecular weight is 252 g/mol. The van der Waals surface area contributed by atoms with Crippen molar-refractivity contribution in [2.45, 2.75) is 52.0 Å². The number of carbonyl (C=O) groups excluding carboxylic acids is 1. The highest BCUT2D eigenvalue weighted by Gasteiger charge is 2.28. The lowest BCUT2D eigenvalue weighted by Gasteiger charge is -2.20. The molecule has 1 unspecified atom stereocenters. The Morgan fingerprint density at radius 1 is 1.47 bits per heavy atom. The number of hydrogen-bond donors (Lipinski definition) is 0. The third-order valence-electron chi connectivity index (χ3n) is 3.26. The molecule has 1 aliphatic rings. The topological polar surface area (TPSA) is 33.2 Å². The molecule has 94 valence electrons. The molecule has 0 aliphatic carbocycles. The Bertz CT molecular complexity index is 420. The van der Waals surface area contributed by atoms with Gasteiger partial charge in [0, 0.05) is 18.0 Å². The quantitative estimate of drug-likeness (QED) is 0.758. The van der Waals surface area contributed by atoms with Crippen LogP contribution in [0.4, 0.5) is 5.13 Å². The number of carbonyl (C=O) groups is 1. The number of thiazole rings is 1. The van der Waals surface area contributed by atoms with Crippen LogP contribution in [0.25, 0.3) is 0 Å². The Morgan fingerprint density at radius 3 is 2.59 bits per heavy atom. The van der Waals surface area contributed by atoms with E-state index in [1.54, 1.807) is 0 Å². The summed E-state index contributed by atoms with van der Waals surface area (Å²) < 4.78 is 0. The van der Waals surface area contributed by atoms with Crippen LogP contribution in [0, 0.1) is 0 Å². The maximum atomic E-state index is 11.1. The Kier molecular flexibility index (Phi) is 3.25. The van der Waals surface area contributed by atoms with Gasteiger partial charge in [0.2, 0.25) is 0 Å². The predicted octanol–water partition coefficient (Wildman–Crippen LogP) is 3.24. The maximum Gasteiger partial charge on any atom is 0.186 e. The van der Waals surface area contributed by atoms with E-state index in [4.69, 9.17) is 4.98 Å². The molecule has 1 saturated heterocycles. The Hall–Kier alpha value is -0.900. The van der Waals surface area contributed by atoms with Crippen molar-refractivity contribution in [1.82, 2.24) is 4.98 Å². The minimum Gasteiger partial charge on any atom is -0.345 e. The van der Waals surface area contributed by atoms with Crippen LogP contribution in [0.5, 0.6) is 0 Å². The van der Waals surface area contributed by atoms with E-state index in [1.165, 1.54) is 24.2 Å². The first-order chi connectivity index (χ1) is 7.93. The third-order valence-corrected chi connectivity index (χ3v) is 4.28. The van der Waals surface area contributed by atoms with Crippen LogP contribution >= 0.6 is 11.3 Å². The van der Waals surface area contributed by atoms with E-state index in [0.29, 0.717) is 6.04 Å². The first-order valence-corrected chi connectivity index (χ1v) is 6.98. The van der Waals surface area contributed by atoms with Gasteiger partial charge in [-0.3, -0.25) is 4.79 Å². The Morgan fingerprint density at radius 2 is 2.18 bits per heavy atom. The Balaban J connectivity index is 2.37. The highest BCUT2D eigenvalue weighted by molar-refractivity contribution is 7.17. The van der Waals surface area contributed by atoms with Crippen molar-refractivity contribution in [1.29, 1.82) is 0 Å². The fourth-order valence-corrected chi connectivity index (χ4v) is 3.50. The van der Waals surface area contributed by atoms with E-state index in [1.807, 2.05) is 0 Å². The molecule has 1 aromatic heterocycles. The number of anilines is 1. The maximum absolute atomic E-state index is 11.1. The second-order valence-corrected chi connectivity index (χ2v) is 6.77. The average Bonchev–Trinajstić information content (AvgIpc) is 2.81. The van der Waals surface area contributed by atoms with E-state index in [2.05, 4.69) is 32.6 Å². The van der Waals surface area contributed by atoms with Crippen molar-refractivity contribution in [3.63, 3.8) is 0 Å². The van der Waals surface area contributed by atoms with Crippen molar-refractivity contribution < 1.29 is 4.79 Å². The summed E-state index contributed by atoms with van der Waals surface area (Å²) in [6.45, 7) is 9.60. The van der Waals surface area contributed by atoms with Crippen LogP contribution in [0.1, 0.15) is 55.9 Å². The molecule has 0 saturated carbocycles. The molecule has 0 radical (unpaired) electrons. The molecule has 0 amide bonds. The van der Waals surface area contributed by atoms with Gasteiger partial charge < -0.3 is 4.90 Å². The summed E-state index contributed by atoms with van der Waals surface area (Å²) in [5, 5.41) is 1.02. The number of aromatic nitrogens is 1. The van der Waals surface area contributed by atoms with E-state index in [9.17, 15) is 4.79 Å². The van der Waals surface area contributed by atoms with Crippen molar-refractivity contribution in [3.05, 3.63) is 10.6 Å². The molecule has 17 heavy (non-hydrogen) atoms. The highest BCUT2D eigenvalue weighted by Crippen LogP contribution is 2.35. The lowest BCUT2D eigenvalue weighted by atomic mass is 9.91. The van der Waals surface area contributed by atoms with E-state index in [-0.39, 0.29) is 5.41 Å². The molecule has 0 N–H and O–H groups in total. The summed E-state index contributed by atoms with van der Waals surface area (Å²) >= 11 is 1.53. The molecule has 1 atom stereocenters. The van der Waals surface area contributed by atoms with Crippen LogP contribution in [0.15, 0.2) is 0 Å². The Labute approximate surface area is 107 Å². The van der Waals surface area contributed by atoms with Gasteiger partial charge in [0.25, 0.3) is 0 Å². The fraction of sp³-hybridized carbons (Fsp3) is 0.692. The van der Waals surface area contributed by atoms with Gasteiger partial charge in [-0.25, -0.2) is 4.98 Å². The number of aldehydes is 1. The van der Waals surface area contributed by atoms with Crippen molar-refractivity contribution >= 4 is 22.8 Å². The van der Waals surface area contributed by atoms with E-state index in [0.717, 1.165) is 28.5 Å². The second-order valence-electron chi connectivity index (χ2n) is 5.76. The minimum atomic E-state index is -0.0616. The predicted molar refractivity (Wildman–Crippen MR) is 72.2 cm³/mol. The zero-order valence-electron chi connectivity index (χ0n) is 11.0. The highest BCUT2D eigenvalue weighted by atomic mass is 32.1. The summed E-state index contributed by atoms with van der Waals surface area (Å²) in [4.78, 5) is 18.9. The normalized spacial score (nSPS) is 20.9. The first kappa shape index (κ1) is 12.6. The van der Waals surface area contributed by atoms with Crippen LogP contribution in [-0.4, -0.2) is 23.9 Å². The first-order valence-electron chi connectivity index (χ1n) is 6.16. The smallest absolute Gasteiger partial charge is 0.186 e. The van der Waals surface area contributed by atoms with E-state index >= 15 is 0 Å². The number of rotatable bonds is 2. The summed E-state index contributed by atoms with van der Waals surface area (Å²) in [5.74, 6) is 0. The zero-order chi connectivity index (χ0) is 12.6. The van der Waals surface area contributed by atoms with Gasteiger partial charge in [-0.2, -0.15) is 0 Å². The zero-order valence-corrected chi connectivity index (χ0v) is 11.8. The summed E-state index contributed by atoms with van der Waals surface area (Å²) in [7, 11) is 0. The van der Waals surface area contributed by atoms with E-state index < -0.39 is 0 Å². The molecule has 1 aliphatic heterocycles. The largest absolute Gasteiger partial charge is 0.345 e. The van der Waals surface area contributed by atoms with Crippen LogP contribution in [0.2, 0.25) is 0 Å². The molecule has 2 heterocycles. The van der Waals surface area contributed by atoms with Crippen LogP contribution in [0.3, 0.4) is 0 Å². The van der Waals surface area contributed by atoms with Crippen molar-refractivity contribution in [2.75, 3.05) is 11.4 Å². The molecule has 0 spiro atoms. The molecular weight excluding hydrogens is 232 g/mol. The lowest BCUT2D eigenvalue weighted by Crippen LogP contribution is -2.26. The van der Waals surface area contributed by atoms with Gasteiger partial charge in [0.05, 0.1) is 10.6 Å². The van der Waals surface area contributed by atoms with Gasteiger partial charge in [0.15, 0.2) is 11.4 Å². The van der Waals surface area contributed by atoms with Crippen LogP contribution < -0.4 is 4.90 Å². The van der Waals surface area contributed by atoms with Gasteiger partial charge in [-0.05, 0) is 19.8 Å². The summed E-state index contributed by atoms with van der Waals surface area (Å²) in [6.07, 6.45) is 3.39. The summed E-state index contributed by atoms with van der Waals surface area (Å²) in [5.41, 5.74) is 0.875. The molecule has 1 aromatic rings. The standard InChI is InChI=1S/C13H20N2OS/c1-9-6-5-7-15(9)12-14-11(13(2,3)4)10(8-16)17-12/h8-9H,5-7H2,1-4H3. The van der Waals surface area contributed by atoms with Crippen LogP contribution in [-0.2, 0) is 5.41 Å². The van der Waals surface area contributed by atoms with Gasteiger partial charge >= 0.3 is 0 Å². The molecule has 0 bridgehead atoms. The van der Waals surface area contributed by atoms with Gasteiger partial charge in [0.1, 0.15) is 0 Å². The monoisotopic (exact) mass is 252 g/mol. The fourth-order valence-electron chi connectivity index (χ4n) is 2.28. The van der Waals surface area contributed by atoms with Gasteiger partial charge in [-0.15, -0.1) is 0 Å². The molecule has 1 fully saturated rings. The number of nitrogens with zero attached hydrogens (tertiary/aromatic N) is 2. The lowest BCUT2D eigenvalue weighted by molar-refractivity contribution is 0.112. The summed E-state index contributed by atoms with van der Waals surface area (Å²) in [6, 6.07) is 0.550.